The molecule has 0 saturated heterocycles. The van der Waals surface area contributed by atoms with Crippen molar-refractivity contribution in [2.24, 2.45) is 0 Å². The van der Waals surface area contributed by atoms with Gasteiger partial charge in [-0.2, -0.15) is 36.4 Å². The van der Waals surface area contributed by atoms with E-state index in [-0.39, 0.29) is 18.9 Å². The van der Waals surface area contributed by atoms with Crippen LogP contribution in [-0.2, 0) is 0 Å². The summed E-state index contributed by atoms with van der Waals surface area (Å²) in [6.07, 6.45) is 0. The summed E-state index contributed by atoms with van der Waals surface area (Å²) < 4.78 is 0. The zero-order valence-electron chi connectivity index (χ0n) is 9.96. The smallest absolute Gasteiger partial charge is 0.304 e. The molecule has 1 aromatic carbocycles. The van der Waals surface area contributed by atoms with Crippen molar-refractivity contribution in [3.8, 4) is 0 Å². The maximum Gasteiger partial charge on any atom is 1.00 e. The van der Waals surface area contributed by atoms with Gasteiger partial charge in [-0.1, -0.05) is 20.8 Å². The van der Waals surface area contributed by atoms with Gasteiger partial charge in [0.05, 0.1) is 0 Å². The fourth-order valence-electron chi connectivity index (χ4n) is 1.01. The molecule has 0 bridgehead atoms. The second-order valence-electron chi connectivity index (χ2n) is 2.70. The van der Waals surface area contributed by atoms with Crippen LogP contribution in [0.25, 0.3) is 0 Å². The first kappa shape index (κ1) is 16.2. The Hall–Kier alpha value is -0.223. The Bertz CT molecular complexity index is 141. The standard InChI is InChI=1S/C6H15N.C6H5.Li/c1-4-7(5-2)6-3;1-2-4-6-5-3-1;/h4-6H2,1-3H3;1-5H;/q;-1;+1. The molecule has 0 saturated carbocycles. The maximum atomic E-state index is 2.89. The number of rotatable bonds is 3. The summed E-state index contributed by atoms with van der Waals surface area (Å²) in [6, 6.07) is 12.5. The van der Waals surface area contributed by atoms with Crippen molar-refractivity contribution in [1.82, 2.24) is 4.90 Å². The fraction of sp³-hybridized carbons (Fsp3) is 0.500. The third-order valence-corrected chi connectivity index (χ3v) is 1.95. The predicted molar refractivity (Wildman–Crippen MR) is 58.7 cm³/mol. The molecule has 0 fully saturated rings. The van der Waals surface area contributed by atoms with E-state index in [4.69, 9.17) is 0 Å². The zero-order chi connectivity index (χ0) is 9.94. The molecular weight excluding hydrogens is 165 g/mol. The Morgan fingerprint density at radius 3 is 1.36 bits per heavy atom. The molecule has 74 valence electrons. The van der Waals surface area contributed by atoms with Crippen molar-refractivity contribution in [1.29, 1.82) is 0 Å². The van der Waals surface area contributed by atoms with Crippen LogP contribution in [0, 0.1) is 6.07 Å². The number of hydrogen-bond donors (Lipinski definition) is 0. The van der Waals surface area contributed by atoms with Gasteiger partial charge in [0.1, 0.15) is 0 Å². The summed E-state index contributed by atoms with van der Waals surface area (Å²) in [7, 11) is 0. The van der Waals surface area contributed by atoms with Crippen molar-refractivity contribution in [2.75, 3.05) is 19.6 Å². The van der Waals surface area contributed by atoms with Gasteiger partial charge in [0.25, 0.3) is 0 Å². The number of benzene rings is 1. The van der Waals surface area contributed by atoms with Crippen LogP contribution in [0.15, 0.2) is 30.3 Å². The third-order valence-electron chi connectivity index (χ3n) is 1.95. The molecule has 2 heteroatoms. The summed E-state index contributed by atoms with van der Waals surface area (Å²) in [4.78, 5) is 2.38. The molecule has 1 rings (SSSR count). The predicted octanol–water partition coefficient (Wildman–Crippen LogP) is -0.161. The van der Waals surface area contributed by atoms with Gasteiger partial charge in [-0.25, -0.2) is 0 Å². The van der Waals surface area contributed by atoms with Crippen molar-refractivity contribution in [3.63, 3.8) is 0 Å². The molecule has 0 aromatic heterocycles. The van der Waals surface area contributed by atoms with Crippen LogP contribution >= 0.6 is 0 Å². The first-order valence-electron chi connectivity index (χ1n) is 4.98. The van der Waals surface area contributed by atoms with E-state index in [1.165, 1.54) is 19.6 Å². The summed E-state index contributed by atoms with van der Waals surface area (Å²) >= 11 is 0. The van der Waals surface area contributed by atoms with Crippen LogP contribution in [0.4, 0.5) is 0 Å². The van der Waals surface area contributed by atoms with Gasteiger partial charge >= 0.3 is 18.9 Å². The summed E-state index contributed by atoms with van der Waals surface area (Å²) in [5.74, 6) is 0. The average Bonchev–Trinajstić information content (AvgIpc) is 2.24. The van der Waals surface area contributed by atoms with E-state index in [1.54, 1.807) is 0 Å². The molecular formula is C12H20LiN. The minimum Gasteiger partial charge on any atom is -0.304 e. The molecule has 0 unspecified atom stereocenters. The van der Waals surface area contributed by atoms with Gasteiger partial charge in [0.15, 0.2) is 0 Å². The SMILES string of the molecule is CCN(CC)CC.[Li+].[c-]1ccccc1. The van der Waals surface area contributed by atoms with E-state index in [1.807, 2.05) is 30.3 Å². The van der Waals surface area contributed by atoms with Gasteiger partial charge in [0, 0.05) is 0 Å². The molecule has 0 spiro atoms. The molecule has 0 amide bonds. The summed E-state index contributed by atoms with van der Waals surface area (Å²) in [6.45, 7) is 10.1. The first-order chi connectivity index (χ1) is 6.35. The van der Waals surface area contributed by atoms with Crippen LogP contribution in [0.2, 0.25) is 0 Å². The van der Waals surface area contributed by atoms with E-state index in [9.17, 15) is 0 Å². The van der Waals surface area contributed by atoms with Crippen molar-refractivity contribution in [3.05, 3.63) is 36.4 Å². The normalized spacial score (nSPS) is 8.57. The van der Waals surface area contributed by atoms with Crippen molar-refractivity contribution >= 4 is 0 Å². The number of hydrogen-bond acceptors (Lipinski definition) is 1. The largest absolute Gasteiger partial charge is 1.00 e. The summed E-state index contributed by atoms with van der Waals surface area (Å²) in [5, 5.41) is 0. The molecule has 0 radical (unpaired) electrons. The zero-order valence-corrected chi connectivity index (χ0v) is 9.96. The Morgan fingerprint density at radius 2 is 1.29 bits per heavy atom. The molecule has 0 atom stereocenters. The van der Waals surface area contributed by atoms with E-state index in [0.717, 1.165) is 0 Å². The van der Waals surface area contributed by atoms with Crippen LogP contribution < -0.4 is 18.9 Å². The van der Waals surface area contributed by atoms with Gasteiger partial charge in [-0.15, -0.1) is 0 Å². The van der Waals surface area contributed by atoms with Crippen molar-refractivity contribution in [2.45, 2.75) is 20.8 Å². The molecule has 0 aliphatic heterocycles. The second kappa shape index (κ2) is 12.8. The Morgan fingerprint density at radius 1 is 0.857 bits per heavy atom. The van der Waals surface area contributed by atoms with Crippen LogP contribution in [-0.4, -0.2) is 24.5 Å². The molecule has 14 heavy (non-hydrogen) atoms. The van der Waals surface area contributed by atoms with Crippen LogP contribution in [0.5, 0.6) is 0 Å². The Balaban J connectivity index is 0. The Kier molecular flexibility index (Phi) is 14.8. The van der Waals surface area contributed by atoms with Gasteiger partial charge in [-0.05, 0) is 19.6 Å². The van der Waals surface area contributed by atoms with E-state index in [2.05, 4.69) is 31.7 Å². The fourth-order valence-corrected chi connectivity index (χ4v) is 1.01. The molecule has 1 nitrogen and oxygen atoms in total. The molecule has 1 aromatic rings. The topological polar surface area (TPSA) is 3.24 Å². The molecule has 0 aliphatic carbocycles. The van der Waals surface area contributed by atoms with Gasteiger partial charge < -0.3 is 4.90 Å². The second-order valence-corrected chi connectivity index (χ2v) is 2.70. The van der Waals surface area contributed by atoms with Crippen LogP contribution in [0.3, 0.4) is 0 Å². The molecule has 0 N–H and O–H groups in total. The average molecular weight is 185 g/mol. The minimum absolute atomic E-state index is 0. The number of nitrogens with zero attached hydrogens (tertiary/aromatic N) is 1. The molecule has 0 aliphatic rings. The van der Waals surface area contributed by atoms with Gasteiger partial charge in [0.2, 0.25) is 0 Å². The molecule has 0 heterocycles. The first-order valence-corrected chi connectivity index (χ1v) is 4.98. The Labute approximate surface area is 101 Å². The third kappa shape index (κ3) is 9.86. The van der Waals surface area contributed by atoms with Gasteiger partial charge in [-0.3, -0.25) is 0 Å². The quantitative estimate of drug-likeness (QED) is 0.467. The maximum absolute atomic E-state index is 2.89. The minimum atomic E-state index is 0. The van der Waals surface area contributed by atoms with Crippen LogP contribution in [0.1, 0.15) is 20.8 Å². The summed E-state index contributed by atoms with van der Waals surface area (Å²) in [5.41, 5.74) is 0. The van der Waals surface area contributed by atoms with Crippen molar-refractivity contribution < 1.29 is 18.9 Å². The monoisotopic (exact) mass is 185 g/mol. The van der Waals surface area contributed by atoms with E-state index >= 15 is 0 Å². The van der Waals surface area contributed by atoms with E-state index < -0.39 is 0 Å². The van der Waals surface area contributed by atoms with E-state index in [0.29, 0.717) is 0 Å².